The number of rotatable bonds is 0. The Labute approximate surface area is 162 Å². The summed E-state index contributed by atoms with van der Waals surface area (Å²) in [7, 11) is 0. The Morgan fingerprint density at radius 2 is 1.89 bits per heavy atom. The smallest absolute Gasteiger partial charge is 0.113 e. The van der Waals surface area contributed by atoms with E-state index in [0.717, 1.165) is 38.9 Å². The molecule has 8 atom stereocenters. The van der Waals surface area contributed by atoms with Crippen LogP contribution in [-0.2, 0) is 0 Å². The number of nitrogens with zero attached hydrogens (tertiary/aromatic N) is 2. The molecular weight excluding hydrogens is 343 g/mol. The van der Waals surface area contributed by atoms with E-state index < -0.39 is 6.17 Å². The molecule has 5 rings (SSSR count). The Kier molecular flexibility index (Phi) is 5.43. The van der Waals surface area contributed by atoms with Crippen molar-refractivity contribution in [3.8, 4) is 0 Å². The van der Waals surface area contributed by atoms with Crippen LogP contribution in [0.3, 0.4) is 0 Å². The fraction of sp³-hybridized carbons (Fsp3) is 1.00. The fourth-order valence-corrected chi connectivity index (χ4v) is 6.39. The summed E-state index contributed by atoms with van der Waals surface area (Å²) in [6.07, 6.45) is 6.90. The lowest BCUT2D eigenvalue weighted by Gasteiger charge is -2.47. The largest absolute Gasteiger partial charge is 0.314 e. The number of halogens is 1. The molecule has 5 aliphatic heterocycles. The van der Waals surface area contributed by atoms with Crippen LogP contribution in [0, 0.1) is 11.8 Å². The number of piperidine rings is 1. The molecule has 0 aromatic rings. The van der Waals surface area contributed by atoms with Crippen molar-refractivity contribution in [1.82, 2.24) is 31.3 Å². The van der Waals surface area contributed by atoms with Crippen LogP contribution in [0.15, 0.2) is 0 Å². The van der Waals surface area contributed by atoms with E-state index in [4.69, 9.17) is 0 Å². The quantitative estimate of drug-likeness (QED) is 0.494. The summed E-state index contributed by atoms with van der Waals surface area (Å²) >= 11 is 0. The van der Waals surface area contributed by atoms with Gasteiger partial charge in [-0.2, -0.15) is 0 Å². The molecule has 6 unspecified atom stereocenters. The molecule has 0 saturated carbocycles. The molecule has 0 aliphatic carbocycles. The number of hydrogen-bond acceptors (Lipinski definition) is 6. The molecule has 0 amide bonds. The molecule has 6 nitrogen and oxygen atoms in total. The number of nitrogens with one attached hydrogen (secondary N) is 4. The highest BCUT2D eigenvalue weighted by Gasteiger charge is 2.46. The zero-order valence-electron chi connectivity index (χ0n) is 16.7. The molecule has 5 aliphatic rings. The van der Waals surface area contributed by atoms with E-state index in [1.54, 1.807) is 0 Å². The zero-order valence-corrected chi connectivity index (χ0v) is 16.7. The SMILES string of the molecule is C[C@@H]1CCC2NCC(F)CC2[C@H]2CCCN2C2CCN3NCC(CN1)C3N2. The van der Waals surface area contributed by atoms with Gasteiger partial charge in [0, 0.05) is 50.2 Å². The first kappa shape index (κ1) is 18.7. The fourth-order valence-electron chi connectivity index (χ4n) is 6.39. The third-order valence-corrected chi connectivity index (χ3v) is 7.87. The third kappa shape index (κ3) is 3.67. The van der Waals surface area contributed by atoms with Gasteiger partial charge in [0.1, 0.15) is 6.17 Å². The first-order valence-electron chi connectivity index (χ1n) is 11.3. The molecule has 5 fully saturated rings. The Bertz CT molecular complexity index is 521. The Morgan fingerprint density at radius 1 is 0.963 bits per heavy atom. The van der Waals surface area contributed by atoms with Gasteiger partial charge in [-0.3, -0.25) is 15.6 Å². The van der Waals surface area contributed by atoms with Gasteiger partial charge in [-0.25, -0.2) is 9.40 Å². The Balaban J connectivity index is 1.41. The van der Waals surface area contributed by atoms with Gasteiger partial charge in [0.2, 0.25) is 0 Å². The minimum Gasteiger partial charge on any atom is -0.314 e. The van der Waals surface area contributed by atoms with Crippen molar-refractivity contribution in [3.63, 3.8) is 0 Å². The summed E-state index contributed by atoms with van der Waals surface area (Å²) < 4.78 is 14.4. The standard InChI is InChI=1S/C20H37FN6/c1-13-4-5-17-16(9-15(21)12-23-17)18-3-2-7-26(18)19-6-8-27-20(25-19)14(10-22-13)11-24-27/h13-20,22-25H,2-12H2,1H3/t13-,14?,15?,16?,17?,18-,19?,20?/m1/s1. The lowest BCUT2D eigenvalue weighted by Crippen LogP contribution is -2.64. The summed E-state index contributed by atoms with van der Waals surface area (Å²) in [6.45, 7) is 7.25. The molecule has 0 spiro atoms. The van der Waals surface area contributed by atoms with Crippen LogP contribution in [0.1, 0.15) is 45.4 Å². The van der Waals surface area contributed by atoms with E-state index in [1.165, 1.54) is 25.8 Å². The van der Waals surface area contributed by atoms with Gasteiger partial charge in [-0.1, -0.05) is 0 Å². The summed E-state index contributed by atoms with van der Waals surface area (Å²) in [5.41, 5.74) is 3.60. The van der Waals surface area contributed by atoms with Gasteiger partial charge in [0.25, 0.3) is 0 Å². The number of hydrazine groups is 1. The Morgan fingerprint density at radius 3 is 2.81 bits per heavy atom. The summed E-state index contributed by atoms with van der Waals surface area (Å²) in [4.78, 5) is 2.72. The molecule has 0 aromatic heterocycles. The predicted molar refractivity (Wildman–Crippen MR) is 105 cm³/mol. The van der Waals surface area contributed by atoms with Crippen LogP contribution in [0.2, 0.25) is 0 Å². The monoisotopic (exact) mass is 380 g/mol. The first-order chi connectivity index (χ1) is 13.2. The number of alkyl halides is 1. The van der Waals surface area contributed by atoms with Crippen LogP contribution in [0.25, 0.3) is 0 Å². The minimum atomic E-state index is -0.682. The molecule has 4 N–H and O–H groups in total. The molecule has 5 heterocycles. The highest BCUT2D eigenvalue weighted by atomic mass is 19.1. The van der Waals surface area contributed by atoms with Crippen molar-refractivity contribution in [2.45, 2.75) is 82.1 Å². The van der Waals surface area contributed by atoms with Crippen molar-refractivity contribution < 1.29 is 4.39 Å². The van der Waals surface area contributed by atoms with Crippen molar-refractivity contribution in [2.75, 3.05) is 32.7 Å². The zero-order chi connectivity index (χ0) is 18.4. The highest BCUT2D eigenvalue weighted by Crippen LogP contribution is 2.36. The van der Waals surface area contributed by atoms with Gasteiger partial charge >= 0.3 is 0 Å². The maximum Gasteiger partial charge on any atom is 0.113 e. The van der Waals surface area contributed by atoms with Crippen LogP contribution >= 0.6 is 0 Å². The second-order valence-corrected chi connectivity index (χ2v) is 9.58. The number of hydrogen-bond donors (Lipinski definition) is 4. The van der Waals surface area contributed by atoms with Crippen LogP contribution in [0.4, 0.5) is 4.39 Å². The maximum absolute atomic E-state index is 14.4. The average Bonchev–Trinajstić information content (AvgIpc) is 3.31. The maximum atomic E-state index is 14.4. The molecule has 5 saturated heterocycles. The van der Waals surface area contributed by atoms with E-state index in [1.807, 2.05) is 0 Å². The topological polar surface area (TPSA) is 54.6 Å². The van der Waals surface area contributed by atoms with Crippen LogP contribution in [-0.4, -0.2) is 79.3 Å². The van der Waals surface area contributed by atoms with Crippen LogP contribution in [0.5, 0.6) is 0 Å². The van der Waals surface area contributed by atoms with Gasteiger partial charge < -0.3 is 10.6 Å². The van der Waals surface area contributed by atoms with E-state index >= 15 is 0 Å². The average molecular weight is 381 g/mol. The van der Waals surface area contributed by atoms with E-state index in [0.29, 0.717) is 48.8 Å². The third-order valence-electron chi connectivity index (χ3n) is 7.87. The van der Waals surface area contributed by atoms with Gasteiger partial charge in [0.15, 0.2) is 0 Å². The highest BCUT2D eigenvalue weighted by molar-refractivity contribution is 5.00. The summed E-state index contributed by atoms with van der Waals surface area (Å²) in [5, 5.41) is 13.8. The lowest BCUT2D eigenvalue weighted by molar-refractivity contribution is -0.00473. The second-order valence-electron chi connectivity index (χ2n) is 9.58. The lowest BCUT2D eigenvalue weighted by atomic mass is 9.80. The summed E-state index contributed by atoms with van der Waals surface area (Å²) in [6, 6.07) is 1.51. The molecule has 0 radical (unpaired) electrons. The van der Waals surface area contributed by atoms with Crippen LogP contribution < -0.4 is 21.4 Å². The molecular formula is C20H37FN6. The Hall–Kier alpha value is -0.310. The molecule has 7 heteroatoms. The van der Waals surface area contributed by atoms with Crippen molar-refractivity contribution in [1.29, 1.82) is 0 Å². The molecule has 2 bridgehead atoms. The number of fused-ring (bicyclic) bond motifs is 5. The first-order valence-corrected chi connectivity index (χ1v) is 11.3. The van der Waals surface area contributed by atoms with Gasteiger partial charge in [-0.15, -0.1) is 0 Å². The van der Waals surface area contributed by atoms with Gasteiger partial charge in [0.05, 0.1) is 12.3 Å². The van der Waals surface area contributed by atoms with E-state index in [2.05, 4.69) is 38.2 Å². The van der Waals surface area contributed by atoms with E-state index in [9.17, 15) is 4.39 Å². The van der Waals surface area contributed by atoms with Gasteiger partial charge in [-0.05, 0) is 57.9 Å². The molecule has 0 aromatic carbocycles. The van der Waals surface area contributed by atoms with E-state index in [-0.39, 0.29) is 0 Å². The summed E-state index contributed by atoms with van der Waals surface area (Å²) in [5.74, 6) is 1.05. The van der Waals surface area contributed by atoms with Crippen molar-refractivity contribution in [3.05, 3.63) is 0 Å². The minimum absolute atomic E-state index is 0.416. The molecule has 27 heavy (non-hydrogen) atoms. The van der Waals surface area contributed by atoms with Crippen molar-refractivity contribution in [2.24, 2.45) is 11.8 Å². The molecule has 154 valence electrons. The van der Waals surface area contributed by atoms with Crippen molar-refractivity contribution >= 4 is 0 Å². The second kappa shape index (κ2) is 7.84. The predicted octanol–water partition coefficient (Wildman–Crippen LogP) is 0.621. The normalized spacial score (nSPS) is 49.6.